The lowest BCUT2D eigenvalue weighted by molar-refractivity contribution is 0.0454. The van der Waals surface area contributed by atoms with Crippen molar-refractivity contribution in [3.63, 3.8) is 0 Å². The van der Waals surface area contributed by atoms with Crippen molar-refractivity contribution in [2.75, 3.05) is 39.3 Å². The quantitative estimate of drug-likeness (QED) is 0.588. The second-order valence-electron chi connectivity index (χ2n) is 9.77. The number of piperidine rings is 1. The molecule has 9 heteroatoms. The summed E-state index contributed by atoms with van der Waals surface area (Å²) >= 11 is 0. The minimum atomic E-state index is -0.620. The Kier molecular flexibility index (Phi) is 10.3. The predicted molar refractivity (Wildman–Crippen MR) is 145 cm³/mol. The molecule has 198 valence electrons. The average molecular weight is 539 g/mol. The summed E-state index contributed by atoms with van der Waals surface area (Å²) in [7, 11) is 0. The van der Waals surface area contributed by atoms with Crippen LogP contribution in [-0.4, -0.2) is 78.4 Å². The largest absolute Gasteiger partial charge is 0.490 e. The average Bonchev–Trinajstić information content (AvgIpc) is 2.95. The Balaban J connectivity index is 0.00000180. The molecule has 1 fully saturated rings. The molecule has 0 aliphatic carbocycles. The number of amides is 1. The van der Waals surface area contributed by atoms with E-state index in [0.717, 1.165) is 51.2 Å². The van der Waals surface area contributed by atoms with Gasteiger partial charge in [0.1, 0.15) is 23.7 Å². The Morgan fingerprint density at radius 1 is 1.11 bits per heavy atom. The molecule has 36 heavy (non-hydrogen) atoms. The molecule has 3 heterocycles. The van der Waals surface area contributed by atoms with Gasteiger partial charge in [-0.2, -0.15) is 0 Å². The van der Waals surface area contributed by atoms with Gasteiger partial charge in [0, 0.05) is 32.2 Å². The monoisotopic (exact) mass is 537 g/mol. The third-order valence-electron chi connectivity index (χ3n) is 6.98. The summed E-state index contributed by atoms with van der Waals surface area (Å²) < 4.78 is 12.3. The Morgan fingerprint density at radius 3 is 2.64 bits per heavy atom. The number of hydrogen-bond donors (Lipinski definition) is 2. The number of β-amino-alcohol motifs (C(OH)–C–C–N with tert-alkyl or cyclic N) is 1. The van der Waals surface area contributed by atoms with Gasteiger partial charge < -0.3 is 24.8 Å². The molecule has 0 radical (unpaired) electrons. The smallest absolute Gasteiger partial charge is 0.257 e. The first kappa shape index (κ1) is 28.5. The summed E-state index contributed by atoms with van der Waals surface area (Å²) in [6, 6.07) is 14.0. The van der Waals surface area contributed by atoms with Crippen molar-refractivity contribution in [2.45, 2.75) is 51.0 Å². The zero-order valence-electron chi connectivity index (χ0n) is 20.7. The van der Waals surface area contributed by atoms with Crippen LogP contribution in [0.5, 0.6) is 11.5 Å². The minimum absolute atomic E-state index is 0. The zero-order valence-corrected chi connectivity index (χ0v) is 22.4. The fourth-order valence-corrected chi connectivity index (χ4v) is 5.25. The van der Waals surface area contributed by atoms with Crippen LogP contribution in [0, 0.1) is 0 Å². The van der Waals surface area contributed by atoms with Gasteiger partial charge in [-0.25, -0.2) is 0 Å². The highest BCUT2D eigenvalue weighted by molar-refractivity contribution is 5.97. The number of nitrogens with one attached hydrogen (secondary N) is 1. The molecule has 2 N–H and O–H groups in total. The SMILES string of the molecule is CC1CN(CC(O)CN2CCc3ccccc3C2)C(=O)c2ccc(OC3CCNCC3)cc2O1.Cl.Cl. The van der Waals surface area contributed by atoms with E-state index in [4.69, 9.17) is 9.47 Å². The molecular formula is C27H37Cl2N3O4. The molecule has 0 bridgehead atoms. The number of nitrogens with zero attached hydrogens (tertiary/aromatic N) is 2. The number of aliphatic hydroxyl groups is 1. The van der Waals surface area contributed by atoms with Crippen LogP contribution < -0.4 is 14.8 Å². The molecule has 2 unspecified atom stereocenters. The van der Waals surface area contributed by atoms with Gasteiger partial charge in [-0.1, -0.05) is 24.3 Å². The summed E-state index contributed by atoms with van der Waals surface area (Å²) in [4.78, 5) is 17.3. The van der Waals surface area contributed by atoms with E-state index in [0.29, 0.717) is 24.4 Å². The Bertz CT molecular complexity index is 1020. The molecule has 0 saturated carbocycles. The third kappa shape index (κ3) is 6.84. The lowest BCUT2D eigenvalue weighted by Crippen LogP contribution is -2.45. The van der Waals surface area contributed by atoms with Crippen LogP contribution in [0.3, 0.4) is 0 Å². The van der Waals surface area contributed by atoms with E-state index in [1.165, 1.54) is 11.1 Å². The number of aliphatic hydroxyl groups excluding tert-OH is 1. The maximum absolute atomic E-state index is 13.3. The van der Waals surface area contributed by atoms with Crippen LogP contribution in [-0.2, 0) is 13.0 Å². The summed E-state index contributed by atoms with van der Waals surface area (Å²) in [6.07, 6.45) is 2.33. The predicted octanol–water partition coefficient (Wildman–Crippen LogP) is 3.30. The van der Waals surface area contributed by atoms with Gasteiger partial charge in [-0.15, -0.1) is 24.8 Å². The number of halogens is 2. The first-order chi connectivity index (χ1) is 16.5. The van der Waals surface area contributed by atoms with Gasteiger partial charge in [-0.05, 0) is 62.5 Å². The Labute approximate surface area is 226 Å². The first-order valence-corrected chi connectivity index (χ1v) is 12.5. The van der Waals surface area contributed by atoms with Gasteiger partial charge in [0.2, 0.25) is 0 Å². The van der Waals surface area contributed by atoms with Crippen molar-refractivity contribution in [2.24, 2.45) is 0 Å². The second kappa shape index (κ2) is 13.0. The summed E-state index contributed by atoms with van der Waals surface area (Å²) in [5.41, 5.74) is 3.24. The highest BCUT2D eigenvalue weighted by Crippen LogP contribution is 2.31. The maximum Gasteiger partial charge on any atom is 0.257 e. The van der Waals surface area contributed by atoms with Crippen molar-refractivity contribution >= 4 is 30.7 Å². The molecule has 1 amide bonds. The second-order valence-corrected chi connectivity index (χ2v) is 9.77. The summed E-state index contributed by atoms with van der Waals surface area (Å²) in [5.74, 6) is 1.20. The number of benzene rings is 2. The number of carbonyl (C=O) groups is 1. The van der Waals surface area contributed by atoms with Gasteiger partial charge in [0.05, 0.1) is 18.2 Å². The molecule has 3 aliphatic heterocycles. The normalized spacial score (nSPS) is 21.1. The van der Waals surface area contributed by atoms with Crippen LogP contribution in [0.25, 0.3) is 0 Å². The van der Waals surface area contributed by atoms with Crippen LogP contribution in [0.1, 0.15) is 41.3 Å². The molecule has 0 spiro atoms. The van der Waals surface area contributed by atoms with Crippen LogP contribution in [0.2, 0.25) is 0 Å². The highest BCUT2D eigenvalue weighted by Gasteiger charge is 2.30. The van der Waals surface area contributed by atoms with Crippen LogP contribution in [0.4, 0.5) is 0 Å². The van der Waals surface area contributed by atoms with Gasteiger partial charge >= 0.3 is 0 Å². The van der Waals surface area contributed by atoms with E-state index in [1.54, 1.807) is 11.0 Å². The number of ether oxygens (including phenoxy) is 2. The van der Waals surface area contributed by atoms with Crippen molar-refractivity contribution in [3.8, 4) is 11.5 Å². The van der Waals surface area contributed by atoms with E-state index >= 15 is 0 Å². The number of hydrogen-bond acceptors (Lipinski definition) is 6. The standard InChI is InChI=1S/C27H35N3O4.2ClH/c1-19-15-30(18-22(31)17-29-13-10-20-4-2-3-5-21(20)16-29)27(32)25-7-6-24(14-26(25)33-19)34-23-8-11-28-12-9-23;;/h2-7,14,19,22-23,28,31H,8-13,15-18H2,1H3;2*1H. The Hall–Kier alpha value is -2.03. The van der Waals surface area contributed by atoms with E-state index in [1.807, 2.05) is 19.1 Å². The molecule has 2 aromatic carbocycles. The lowest BCUT2D eigenvalue weighted by atomic mass is 10.00. The fraction of sp³-hybridized carbons (Fsp3) is 0.519. The van der Waals surface area contributed by atoms with Crippen LogP contribution in [0.15, 0.2) is 42.5 Å². The van der Waals surface area contributed by atoms with Gasteiger partial charge in [0.25, 0.3) is 5.91 Å². The van der Waals surface area contributed by atoms with Crippen LogP contribution >= 0.6 is 24.8 Å². The summed E-state index contributed by atoms with van der Waals surface area (Å²) in [5, 5.41) is 14.2. The van der Waals surface area contributed by atoms with E-state index in [2.05, 4.69) is 34.5 Å². The number of rotatable bonds is 6. The van der Waals surface area contributed by atoms with E-state index < -0.39 is 6.10 Å². The fourth-order valence-electron chi connectivity index (χ4n) is 5.25. The van der Waals surface area contributed by atoms with E-state index in [9.17, 15) is 9.90 Å². The molecule has 2 aromatic rings. The molecule has 5 rings (SSSR count). The number of fused-ring (bicyclic) bond motifs is 2. The molecule has 3 aliphatic rings. The Morgan fingerprint density at radius 2 is 1.86 bits per heavy atom. The number of carbonyl (C=O) groups excluding carboxylic acids is 1. The summed E-state index contributed by atoms with van der Waals surface area (Å²) in [6.45, 7) is 6.92. The van der Waals surface area contributed by atoms with Crippen molar-refractivity contribution < 1.29 is 19.4 Å². The molecule has 1 saturated heterocycles. The third-order valence-corrected chi connectivity index (χ3v) is 6.98. The van der Waals surface area contributed by atoms with E-state index in [-0.39, 0.29) is 49.5 Å². The highest BCUT2D eigenvalue weighted by atomic mass is 35.5. The molecular weight excluding hydrogens is 501 g/mol. The van der Waals surface area contributed by atoms with Gasteiger partial charge in [0.15, 0.2) is 0 Å². The topological polar surface area (TPSA) is 74.3 Å². The van der Waals surface area contributed by atoms with Crippen molar-refractivity contribution in [3.05, 3.63) is 59.2 Å². The lowest BCUT2D eigenvalue weighted by Gasteiger charge is -2.32. The maximum atomic E-state index is 13.3. The van der Waals surface area contributed by atoms with Gasteiger partial charge in [-0.3, -0.25) is 9.69 Å². The minimum Gasteiger partial charge on any atom is -0.490 e. The first-order valence-electron chi connectivity index (χ1n) is 12.5. The van der Waals surface area contributed by atoms with Crippen molar-refractivity contribution in [1.82, 2.24) is 15.1 Å². The van der Waals surface area contributed by atoms with Crippen molar-refractivity contribution in [1.29, 1.82) is 0 Å². The zero-order chi connectivity index (χ0) is 23.5. The molecule has 0 aromatic heterocycles. The molecule has 7 nitrogen and oxygen atoms in total. The molecule has 2 atom stereocenters.